The first-order valence-electron chi connectivity index (χ1n) is 8.64. The second-order valence-corrected chi connectivity index (χ2v) is 7.80. The van der Waals surface area contributed by atoms with Gasteiger partial charge in [0, 0.05) is 11.8 Å². The first kappa shape index (κ1) is 18.5. The van der Waals surface area contributed by atoms with Crippen molar-refractivity contribution in [1.29, 1.82) is 0 Å². The number of thiophene rings is 1. The lowest BCUT2D eigenvalue weighted by Crippen LogP contribution is -2.44. The van der Waals surface area contributed by atoms with E-state index in [0.29, 0.717) is 17.8 Å². The van der Waals surface area contributed by atoms with E-state index in [4.69, 9.17) is 4.98 Å². The minimum Gasteiger partial charge on any atom is -0.296 e. The van der Waals surface area contributed by atoms with E-state index < -0.39 is 5.91 Å². The van der Waals surface area contributed by atoms with Gasteiger partial charge in [0.05, 0.1) is 11.9 Å². The molecule has 0 aromatic carbocycles. The second kappa shape index (κ2) is 7.55. The molecule has 2 aromatic heterocycles. The van der Waals surface area contributed by atoms with Crippen LogP contribution in [0.5, 0.6) is 0 Å². The third-order valence-electron chi connectivity index (χ3n) is 4.61. The number of hydrazine groups is 1. The Balaban J connectivity index is 2.00. The van der Waals surface area contributed by atoms with Gasteiger partial charge in [-0.2, -0.15) is 0 Å². The monoisotopic (exact) mass is 377 g/mol. The molecule has 8 nitrogen and oxygen atoms in total. The lowest BCUT2D eigenvalue weighted by atomic mass is 10.2. The van der Waals surface area contributed by atoms with Crippen LogP contribution in [0.3, 0.4) is 0 Å². The number of carbonyl (C=O) groups is 2. The molecule has 140 valence electrons. The fourth-order valence-electron chi connectivity index (χ4n) is 3.13. The minimum absolute atomic E-state index is 0.181. The highest BCUT2D eigenvalue weighted by molar-refractivity contribution is 7.18. The van der Waals surface area contributed by atoms with E-state index in [9.17, 15) is 14.4 Å². The molecule has 9 heteroatoms. The van der Waals surface area contributed by atoms with Crippen molar-refractivity contribution in [2.45, 2.75) is 46.7 Å². The number of carbonyl (C=O) groups excluding carboxylic acids is 2. The topological polar surface area (TPSA) is 96.3 Å². The van der Waals surface area contributed by atoms with Gasteiger partial charge in [-0.25, -0.2) is 4.98 Å². The van der Waals surface area contributed by atoms with Crippen molar-refractivity contribution in [2.24, 2.45) is 0 Å². The zero-order valence-electron chi connectivity index (χ0n) is 15.2. The van der Waals surface area contributed by atoms with Crippen LogP contribution in [0.2, 0.25) is 0 Å². The van der Waals surface area contributed by atoms with E-state index in [1.807, 2.05) is 13.8 Å². The molecule has 0 unspecified atom stereocenters. The van der Waals surface area contributed by atoms with Crippen LogP contribution in [0.15, 0.2) is 4.79 Å². The van der Waals surface area contributed by atoms with Gasteiger partial charge in [-0.15, -0.1) is 11.3 Å². The number of hydrogen-bond donors (Lipinski definition) is 2. The molecule has 2 amide bonds. The number of rotatable bonds is 4. The SMILES string of the molecule is CC(=O)NNC(=O)Cn1c(CN2CCCC2)nc2sc(C)c(C)c2c1=O. The molecular weight excluding hydrogens is 354 g/mol. The fraction of sp³-hybridized carbons (Fsp3) is 0.529. The van der Waals surface area contributed by atoms with E-state index >= 15 is 0 Å². The molecule has 0 radical (unpaired) electrons. The highest BCUT2D eigenvalue weighted by atomic mass is 32.1. The molecule has 26 heavy (non-hydrogen) atoms. The third-order valence-corrected chi connectivity index (χ3v) is 5.71. The van der Waals surface area contributed by atoms with E-state index in [1.165, 1.54) is 22.8 Å². The van der Waals surface area contributed by atoms with Crippen LogP contribution >= 0.6 is 11.3 Å². The fourth-order valence-corrected chi connectivity index (χ4v) is 4.17. The van der Waals surface area contributed by atoms with Crippen LogP contribution in [0.1, 0.15) is 36.0 Å². The molecule has 0 atom stereocenters. The molecule has 2 aromatic rings. The zero-order valence-corrected chi connectivity index (χ0v) is 16.0. The first-order valence-corrected chi connectivity index (χ1v) is 9.45. The Bertz CT molecular complexity index is 911. The molecule has 0 spiro atoms. The molecule has 1 aliphatic rings. The number of aromatic nitrogens is 2. The van der Waals surface area contributed by atoms with Gasteiger partial charge in [-0.3, -0.25) is 34.7 Å². The third kappa shape index (κ3) is 3.78. The average molecular weight is 377 g/mol. The predicted molar refractivity (Wildman–Crippen MR) is 99.8 cm³/mol. The molecule has 3 rings (SSSR count). The molecule has 3 heterocycles. The van der Waals surface area contributed by atoms with E-state index in [-0.39, 0.29) is 18.0 Å². The molecule has 0 aliphatic carbocycles. The summed E-state index contributed by atoms with van der Waals surface area (Å²) in [5.74, 6) is -0.250. The Labute approximate surface area is 155 Å². The van der Waals surface area contributed by atoms with Crippen molar-refractivity contribution in [2.75, 3.05) is 13.1 Å². The highest BCUT2D eigenvalue weighted by Gasteiger charge is 2.21. The summed E-state index contributed by atoms with van der Waals surface area (Å²) in [4.78, 5) is 44.9. The van der Waals surface area contributed by atoms with Crippen molar-refractivity contribution in [1.82, 2.24) is 25.3 Å². The lowest BCUT2D eigenvalue weighted by Gasteiger charge is -2.18. The summed E-state index contributed by atoms with van der Waals surface area (Å²) in [6.07, 6.45) is 2.26. The van der Waals surface area contributed by atoms with E-state index in [0.717, 1.165) is 41.2 Å². The summed E-state index contributed by atoms with van der Waals surface area (Å²) in [7, 11) is 0. The van der Waals surface area contributed by atoms with Gasteiger partial charge in [0.2, 0.25) is 5.91 Å². The number of likely N-dealkylation sites (tertiary alicyclic amines) is 1. The van der Waals surface area contributed by atoms with Crippen LogP contribution in [0, 0.1) is 13.8 Å². The summed E-state index contributed by atoms with van der Waals surface area (Å²) in [6, 6.07) is 0. The maximum Gasteiger partial charge on any atom is 0.263 e. The number of nitrogens with zero attached hydrogens (tertiary/aromatic N) is 3. The standard InChI is InChI=1S/C17H23N5O3S/c1-10-11(2)26-16-15(10)17(25)22(9-14(24)20-19-12(3)23)13(18-16)8-21-6-4-5-7-21/h4-9H2,1-3H3,(H,19,23)(H,20,24). The molecule has 0 bridgehead atoms. The maximum atomic E-state index is 13.1. The number of aryl methyl sites for hydroxylation is 2. The van der Waals surface area contributed by atoms with Gasteiger partial charge in [0.15, 0.2) is 0 Å². The van der Waals surface area contributed by atoms with Crippen molar-refractivity contribution in [3.05, 3.63) is 26.6 Å². The summed E-state index contributed by atoms with van der Waals surface area (Å²) in [5.41, 5.74) is 5.26. The van der Waals surface area contributed by atoms with Gasteiger partial charge in [0.25, 0.3) is 11.5 Å². The minimum atomic E-state index is -0.462. The Morgan fingerprint density at radius 2 is 1.88 bits per heavy atom. The van der Waals surface area contributed by atoms with Crippen molar-refractivity contribution in [3.63, 3.8) is 0 Å². The summed E-state index contributed by atoms with van der Waals surface area (Å²) in [6.45, 7) is 7.46. The Kier molecular flexibility index (Phi) is 5.38. The Hall–Kier alpha value is -2.26. The highest BCUT2D eigenvalue weighted by Crippen LogP contribution is 2.26. The van der Waals surface area contributed by atoms with Crippen molar-refractivity contribution < 1.29 is 9.59 Å². The van der Waals surface area contributed by atoms with Gasteiger partial charge in [0.1, 0.15) is 17.2 Å². The van der Waals surface area contributed by atoms with Gasteiger partial charge >= 0.3 is 0 Å². The van der Waals surface area contributed by atoms with Gasteiger partial charge in [-0.1, -0.05) is 0 Å². The predicted octanol–water partition coefficient (Wildman–Crippen LogP) is 0.838. The number of hydrogen-bond acceptors (Lipinski definition) is 6. The van der Waals surface area contributed by atoms with Crippen LogP contribution in [-0.4, -0.2) is 39.4 Å². The molecule has 1 saturated heterocycles. The molecular formula is C17H23N5O3S. The van der Waals surface area contributed by atoms with Gasteiger partial charge in [-0.05, 0) is 45.3 Å². The van der Waals surface area contributed by atoms with E-state index in [1.54, 1.807) is 0 Å². The van der Waals surface area contributed by atoms with Crippen LogP contribution in [0.25, 0.3) is 10.2 Å². The first-order chi connectivity index (χ1) is 12.4. The number of fused-ring (bicyclic) bond motifs is 1. The summed E-state index contributed by atoms with van der Waals surface area (Å²) in [5, 5.41) is 0.574. The molecule has 1 aliphatic heterocycles. The molecule has 2 N–H and O–H groups in total. The lowest BCUT2D eigenvalue weighted by molar-refractivity contribution is -0.128. The van der Waals surface area contributed by atoms with Crippen molar-refractivity contribution in [3.8, 4) is 0 Å². The smallest absolute Gasteiger partial charge is 0.263 e. The van der Waals surface area contributed by atoms with Crippen LogP contribution < -0.4 is 16.4 Å². The van der Waals surface area contributed by atoms with Crippen molar-refractivity contribution >= 4 is 33.4 Å². The summed E-state index contributed by atoms with van der Waals surface area (Å²) >= 11 is 1.51. The largest absolute Gasteiger partial charge is 0.296 e. The van der Waals surface area contributed by atoms with Crippen LogP contribution in [-0.2, 0) is 22.7 Å². The number of amides is 2. The zero-order chi connectivity index (χ0) is 18.8. The number of nitrogens with one attached hydrogen (secondary N) is 2. The maximum absolute atomic E-state index is 13.1. The quantitative estimate of drug-likeness (QED) is 0.770. The summed E-state index contributed by atoms with van der Waals surface area (Å²) < 4.78 is 1.43. The Morgan fingerprint density at radius 3 is 2.54 bits per heavy atom. The van der Waals surface area contributed by atoms with Crippen LogP contribution in [0.4, 0.5) is 0 Å². The second-order valence-electron chi connectivity index (χ2n) is 6.60. The van der Waals surface area contributed by atoms with E-state index in [2.05, 4.69) is 15.8 Å². The Morgan fingerprint density at radius 1 is 1.19 bits per heavy atom. The molecule has 0 saturated carbocycles. The normalized spacial score (nSPS) is 14.7. The van der Waals surface area contributed by atoms with Gasteiger partial charge < -0.3 is 0 Å². The molecule has 1 fully saturated rings. The average Bonchev–Trinajstić information content (AvgIpc) is 3.18.